The Kier molecular flexibility index (Phi) is 7.38. The van der Waals surface area contributed by atoms with Crippen LogP contribution in [0, 0.1) is 6.92 Å². The summed E-state index contributed by atoms with van der Waals surface area (Å²) in [5.41, 5.74) is 11.3. The van der Waals surface area contributed by atoms with Crippen molar-refractivity contribution in [3.8, 4) is 0 Å². The van der Waals surface area contributed by atoms with Gasteiger partial charge in [-0.3, -0.25) is 4.79 Å². The fourth-order valence-corrected chi connectivity index (χ4v) is 3.77. The molecule has 1 aliphatic rings. The van der Waals surface area contributed by atoms with E-state index in [1.807, 2.05) is 17.0 Å². The molecule has 134 valence electrons. The molecule has 2 aromatic rings. The average Bonchev–Trinajstić information content (AvgIpc) is 2.58. The summed E-state index contributed by atoms with van der Waals surface area (Å²) in [7, 11) is 0. The molecule has 2 N–H and O–H groups in total. The lowest BCUT2D eigenvalue weighted by Gasteiger charge is -2.30. The molecule has 0 atom stereocenters. The number of nitrogens with two attached hydrogens (primary N) is 1. The van der Waals surface area contributed by atoms with E-state index in [2.05, 4.69) is 66.7 Å². The van der Waals surface area contributed by atoms with Gasteiger partial charge in [-0.05, 0) is 59.0 Å². The van der Waals surface area contributed by atoms with E-state index in [1.54, 1.807) is 0 Å². The number of hydrogen-bond acceptors (Lipinski definition) is 3. The number of anilines is 2. The molecule has 0 saturated heterocycles. The van der Waals surface area contributed by atoms with E-state index >= 15 is 0 Å². The zero-order valence-corrected chi connectivity index (χ0v) is 17.2. The molecule has 0 unspecified atom stereocenters. The van der Waals surface area contributed by atoms with E-state index in [9.17, 15) is 4.79 Å². The Morgan fingerprint density at radius 2 is 1.88 bits per heavy atom. The van der Waals surface area contributed by atoms with Crippen LogP contribution in [0.4, 0.5) is 11.4 Å². The normalized spacial score (nSPS) is 13.1. The first-order chi connectivity index (χ1) is 12.0. The van der Waals surface area contributed by atoms with Crippen LogP contribution in [0.2, 0.25) is 0 Å². The molecule has 1 amide bonds. The van der Waals surface area contributed by atoms with Crippen molar-refractivity contribution in [2.24, 2.45) is 0 Å². The lowest BCUT2D eigenvalue weighted by Crippen LogP contribution is -2.36. The van der Waals surface area contributed by atoms with Gasteiger partial charge in [-0.1, -0.05) is 36.8 Å². The van der Waals surface area contributed by atoms with Crippen LogP contribution < -0.4 is 10.6 Å². The van der Waals surface area contributed by atoms with Crippen molar-refractivity contribution in [1.29, 1.82) is 0 Å². The highest BCUT2D eigenvalue weighted by atomic mass is 79.9. The Morgan fingerprint density at radius 3 is 2.48 bits per heavy atom. The molecule has 2 aromatic carbocycles. The number of nitrogens with zero attached hydrogens (tertiary/aromatic N) is 1. The van der Waals surface area contributed by atoms with E-state index in [0.717, 1.165) is 41.0 Å². The van der Waals surface area contributed by atoms with Crippen molar-refractivity contribution in [1.82, 2.24) is 0 Å². The van der Waals surface area contributed by atoms with E-state index in [4.69, 9.17) is 5.73 Å². The second kappa shape index (κ2) is 9.30. The van der Waals surface area contributed by atoms with Gasteiger partial charge < -0.3 is 10.6 Å². The molecular weight excluding hydrogens is 396 g/mol. The first kappa shape index (κ1) is 19.9. The maximum Gasteiger partial charge on any atom is 0.227 e. The van der Waals surface area contributed by atoms with Gasteiger partial charge in [0.1, 0.15) is 0 Å². The van der Waals surface area contributed by atoms with Gasteiger partial charge in [-0.2, -0.15) is 12.6 Å². The minimum atomic E-state index is 0.208. The standard InChI is InChI=1S/C12H15BrN2O.C8H10S/c1-2-5-15-11(16)4-3-8-6-9(14)7-10(13)12(8)15;1-7-2-4-8(6-9)5-3-7/h6-7H,2-5,14H2,1H3;2-5,9H,6H2,1H3. The zero-order valence-electron chi connectivity index (χ0n) is 14.8. The van der Waals surface area contributed by atoms with Crippen LogP contribution in [0.15, 0.2) is 40.9 Å². The highest BCUT2D eigenvalue weighted by molar-refractivity contribution is 9.10. The third kappa shape index (κ3) is 5.25. The Bertz CT molecular complexity index is 731. The Morgan fingerprint density at radius 1 is 1.20 bits per heavy atom. The molecule has 1 heterocycles. The fourth-order valence-electron chi connectivity index (χ4n) is 2.83. The van der Waals surface area contributed by atoms with Gasteiger partial charge in [-0.15, -0.1) is 0 Å². The topological polar surface area (TPSA) is 46.3 Å². The summed E-state index contributed by atoms with van der Waals surface area (Å²) in [5.74, 6) is 1.04. The third-order valence-electron chi connectivity index (χ3n) is 4.09. The Labute approximate surface area is 164 Å². The van der Waals surface area contributed by atoms with Gasteiger partial charge >= 0.3 is 0 Å². The van der Waals surface area contributed by atoms with Gasteiger partial charge in [0, 0.05) is 28.9 Å². The van der Waals surface area contributed by atoms with Gasteiger partial charge in [0.25, 0.3) is 0 Å². The van der Waals surface area contributed by atoms with Crippen molar-refractivity contribution in [2.75, 3.05) is 17.2 Å². The molecule has 3 nitrogen and oxygen atoms in total. The molecule has 0 aliphatic carbocycles. The number of hydrogen-bond donors (Lipinski definition) is 2. The molecule has 1 aliphatic heterocycles. The SMILES string of the molecule is CCCN1C(=O)CCc2cc(N)cc(Br)c21.Cc1ccc(CS)cc1. The van der Waals surface area contributed by atoms with Gasteiger partial charge in [0.15, 0.2) is 0 Å². The van der Waals surface area contributed by atoms with E-state index in [1.165, 1.54) is 16.7 Å². The largest absolute Gasteiger partial charge is 0.399 e. The number of nitrogen functional groups attached to an aromatic ring is 1. The number of fused-ring (bicyclic) bond motifs is 1. The predicted molar refractivity (Wildman–Crippen MR) is 113 cm³/mol. The molecule has 3 rings (SSSR count). The zero-order chi connectivity index (χ0) is 18.4. The van der Waals surface area contributed by atoms with Crippen LogP contribution in [0.1, 0.15) is 36.5 Å². The maximum absolute atomic E-state index is 11.9. The van der Waals surface area contributed by atoms with Gasteiger partial charge in [0.2, 0.25) is 5.91 Å². The second-order valence-corrected chi connectivity index (χ2v) is 7.37. The Hall–Kier alpha value is -1.46. The maximum atomic E-state index is 11.9. The lowest BCUT2D eigenvalue weighted by atomic mass is 10.0. The molecule has 0 radical (unpaired) electrons. The number of carbonyl (C=O) groups excluding carboxylic acids is 1. The monoisotopic (exact) mass is 420 g/mol. The van der Waals surface area contributed by atoms with E-state index in [0.29, 0.717) is 6.42 Å². The second-order valence-electron chi connectivity index (χ2n) is 6.20. The van der Waals surface area contributed by atoms with Crippen molar-refractivity contribution < 1.29 is 4.79 Å². The molecule has 25 heavy (non-hydrogen) atoms. The Balaban J connectivity index is 0.000000212. The van der Waals surface area contributed by atoms with Crippen molar-refractivity contribution in [3.05, 3.63) is 57.6 Å². The third-order valence-corrected chi connectivity index (χ3v) is 5.06. The van der Waals surface area contributed by atoms with E-state index < -0.39 is 0 Å². The molecule has 0 aromatic heterocycles. The smallest absolute Gasteiger partial charge is 0.227 e. The van der Waals surface area contributed by atoms with Gasteiger partial charge in [0.05, 0.1) is 5.69 Å². The van der Waals surface area contributed by atoms with Crippen LogP contribution in [0.5, 0.6) is 0 Å². The molecule has 0 fully saturated rings. The fraction of sp³-hybridized carbons (Fsp3) is 0.350. The minimum absolute atomic E-state index is 0.208. The number of amides is 1. The summed E-state index contributed by atoms with van der Waals surface area (Å²) < 4.78 is 0.920. The average molecular weight is 421 g/mol. The lowest BCUT2D eigenvalue weighted by molar-refractivity contribution is -0.118. The number of thiol groups is 1. The molecule has 5 heteroatoms. The number of aryl methyl sites for hydroxylation is 2. The highest BCUT2D eigenvalue weighted by Gasteiger charge is 2.25. The van der Waals surface area contributed by atoms with Crippen molar-refractivity contribution in [3.63, 3.8) is 0 Å². The summed E-state index contributed by atoms with van der Waals surface area (Å²) in [4.78, 5) is 13.7. The summed E-state index contributed by atoms with van der Waals surface area (Å²) in [5, 5.41) is 0. The predicted octanol–water partition coefficient (Wildman–Crippen LogP) is 5.15. The van der Waals surface area contributed by atoms with Gasteiger partial charge in [-0.25, -0.2) is 0 Å². The highest BCUT2D eigenvalue weighted by Crippen LogP contribution is 2.36. The summed E-state index contributed by atoms with van der Waals surface area (Å²) in [6.45, 7) is 4.93. The molecular formula is C20H25BrN2OS. The summed E-state index contributed by atoms with van der Waals surface area (Å²) >= 11 is 7.64. The minimum Gasteiger partial charge on any atom is -0.399 e. The summed E-state index contributed by atoms with van der Waals surface area (Å²) in [6, 6.07) is 12.2. The van der Waals surface area contributed by atoms with Crippen LogP contribution in [-0.2, 0) is 17.0 Å². The number of halogens is 1. The number of benzene rings is 2. The van der Waals surface area contributed by atoms with Crippen molar-refractivity contribution >= 4 is 45.8 Å². The molecule has 0 spiro atoms. The van der Waals surface area contributed by atoms with Crippen LogP contribution in [0.3, 0.4) is 0 Å². The van der Waals surface area contributed by atoms with E-state index in [-0.39, 0.29) is 5.91 Å². The van der Waals surface area contributed by atoms with Crippen molar-refractivity contribution in [2.45, 2.75) is 38.9 Å². The first-order valence-corrected chi connectivity index (χ1v) is 9.93. The molecule has 0 saturated carbocycles. The number of rotatable bonds is 3. The first-order valence-electron chi connectivity index (χ1n) is 8.51. The van der Waals surface area contributed by atoms with Crippen LogP contribution in [0.25, 0.3) is 0 Å². The quantitative estimate of drug-likeness (QED) is 0.532. The van der Waals surface area contributed by atoms with Crippen LogP contribution in [-0.4, -0.2) is 12.5 Å². The summed E-state index contributed by atoms with van der Waals surface area (Å²) in [6.07, 6.45) is 2.34. The molecule has 0 bridgehead atoms. The number of carbonyl (C=O) groups is 1. The van der Waals surface area contributed by atoms with Crippen LogP contribution >= 0.6 is 28.6 Å².